The summed E-state index contributed by atoms with van der Waals surface area (Å²) in [7, 11) is 0. The molecule has 3 aliphatic rings. The van der Waals surface area contributed by atoms with Crippen molar-refractivity contribution in [2.75, 3.05) is 6.54 Å². The van der Waals surface area contributed by atoms with Crippen LogP contribution in [0.15, 0.2) is 240 Å². The quantitative estimate of drug-likeness (QED) is 0.116. The first kappa shape index (κ1) is 47.4. The van der Waals surface area contributed by atoms with Gasteiger partial charge in [-0.05, 0) is 218 Å². The van der Waals surface area contributed by atoms with Crippen LogP contribution in [0.4, 0.5) is 0 Å². The molecule has 1 aliphatic carbocycles. The molecule has 0 bridgehead atoms. The van der Waals surface area contributed by atoms with E-state index in [0.29, 0.717) is 0 Å². The van der Waals surface area contributed by atoms with Gasteiger partial charge in [-0.1, -0.05) is 152 Å². The van der Waals surface area contributed by atoms with E-state index in [9.17, 15) is 0 Å². The number of aryl methyl sites for hydroxylation is 1. The second-order valence-electron chi connectivity index (χ2n) is 20.9. The number of allylic oxidation sites excluding steroid dienone is 6. The molecule has 11 aromatic rings. The molecule has 9 aromatic carbocycles. The summed E-state index contributed by atoms with van der Waals surface area (Å²) < 4.78 is 0. The molecule has 1 unspecified atom stereocenters. The largest absolute Gasteiger partial charge is 0.292 e. The van der Waals surface area contributed by atoms with Crippen molar-refractivity contribution in [1.82, 2.24) is 9.97 Å². The van der Waals surface area contributed by atoms with E-state index >= 15 is 0 Å². The fraction of sp³-hybridized carbons (Fsp3) is 0.0959. The molecule has 0 saturated heterocycles. The van der Waals surface area contributed by atoms with Crippen molar-refractivity contribution in [3.63, 3.8) is 0 Å². The van der Waals surface area contributed by atoms with Crippen LogP contribution in [-0.4, -0.2) is 28.9 Å². The van der Waals surface area contributed by atoms with Crippen LogP contribution in [0.25, 0.3) is 110 Å². The summed E-state index contributed by atoms with van der Waals surface area (Å²) in [5.74, 6) is 0.154. The number of rotatable bonds is 9. The van der Waals surface area contributed by atoms with Gasteiger partial charge in [0.05, 0.1) is 0 Å². The Morgan fingerprint density at radius 3 is 1.64 bits per heavy atom. The minimum Gasteiger partial charge on any atom is -0.292 e. The molecule has 372 valence electrons. The molecule has 0 fully saturated rings. The van der Waals surface area contributed by atoms with Crippen molar-refractivity contribution in [3.8, 4) is 44.5 Å². The van der Waals surface area contributed by atoms with E-state index in [1.165, 1.54) is 121 Å². The van der Waals surface area contributed by atoms with Gasteiger partial charge in [0.1, 0.15) is 0 Å². The monoisotopic (exact) mass is 1020 g/mol. The third-order valence-electron chi connectivity index (χ3n) is 16.2. The maximum atomic E-state index is 5.39. The van der Waals surface area contributed by atoms with Gasteiger partial charge in [0.15, 0.2) is 0 Å². The van der Waals surface area contributed by atoms with Crippen LogP contribution >= 0.6 is 12.6 Å². The lowest BCUT2D eigenvalue weighted by Gasteiger charge is -2.25. The Labute approximate surface area is 460 Å². The number of pyridine rings is 2. The Hall–Kier alpha value is -9.03. The first-order valence-corrected chi connectivity index (χ1v) is 27.6. The zero-order valence-electron chi connectivity index (χ0n) is 43.4. The highest BCUT2D eigenvalue weighted by Crippen LogP contribution is 2.49. The Balaban J connectivity index is 0.898. The van der Waals surface area contributed by atoms with Gasteiger partial charge in [0, 0.05) is 60.8 Å². The molecule has 4 nitrogen and oxygen atoms in total. The van der Waals surface area contributed by atoms with Crippen molar-refractivity contribution in [2.24, 2.45) is 9.98 Å². The number of hydrogen-bond donors (Lipinski definition) is 1. The molecule has 5 heteroatoms. The van der Waals surface area contributed by atoms with E-state index in [2.05, 4.69) is 204 Å². The van der Waals surface area contributed by atoms with Crippen molar-refractivity contribution < 1.29 is 0 Å². The molecule has 1 atom stereocenters. The predicted octanol–water partition coefficient (Wildman–Crippen LogP) is 19.1. The van der Waals surface area contributed by atoms with Gasteiger partial charge < -0.3 is 0 Å². The van der Waals surface area contributed by atoms with Gasteiger partial charge in [0.25, 0.3) is 0 Å². The molecule has 2 aromatic heterocycles. The molecule has 14 rings (SSSR count). The Morgan fingerprint density at radius 1 is 0.474 bits per heavy atom. The van der Waals surface area contributed by atoms with E-state index in [0.717, 1.165) is 59.4 Å². The molecule has 0 amide bonds. The number of thiol groups is 1. The third-order valence-corrected chi connectivity index (χ3v) is 16.6. The number of fused-ring (bicyclic) bond motifs is 4. The number of dihydropyridines is 1. The van der Waals surface area contributed by atoms with Crippen LogP contribution in [0.2, 0.25) is 0 Å². The van der Waals surface area contributed by atoms with E-state index in [4.69, 9.17) is 17.6 Å². The summed E-state index contributed by atoms with van der Waals surface area (Å²) >= 11 is 5.39. The molecular formula is C73H54N4S. The number of hydrogen-bond acceptors (Lipinski definition) is 5. The van der Waals surface area contributed by atoms with E-state index in [-0.39, 0.29) is 5.92 Å². The minimum absolute atomic E-state index is 0.154. The molecule has 0 N–H and O–H groups in total. The second kappa shape index (κ2) is 20.2. The maximum absolute atomic E-state index is 5.39. The lowest BCUT2D eigenvalue weighted by molar-refractivity contribution is 0.862. The Kier molecular flexibility index (Phi) is 12.3. The van der Waals surface area contributed by atoms with Crippen LogP contribution in [0.3, 0.4) is 0 Å². The lowest BCUT2D eigenvalue weighted by atomic mass is 9.79. The van der Waals surface area contributed by atoms with E-state index in [1.54, 1.807) is 0 Å². The smallest absolute Gasteiger partial charge is 0.0424 e. The Bertz CT molecular complexity index is 4310. The van der Waals surface area contributed by atoms with Crippen LogP contribution in [0, 0.1) is 6.92 Å². The number of nitrogens with zero attached hydrogens (tertiary/aromatic N) is 4. The zero-order chi connectivity index (χ0) is 52.1. The average molecular weight is 1020 g/mol. The van der Waals surface area contributed by atoms with Gasteiger partial charge in [0.2, 0.25) is 0 Å². The van der Waals surface area contributed by atoms with Crippen LogP contribution < -0.4 is 0 Å². The maximum Gasteiger partial charge on any atom is 0.0424 e. The first-order valence-electron chi connectivity index (χ1n) is 27.1. The second-order valence-corrected chi connectivity index (χ2v) is 21.4. The molecule has 0 spiro atoms. The Morgan fingerprint density at radius 2 is 1.06 bits per heavy atom. The standard InChI is InChI=1S/C73H54N4S/c1-46-26-27-47(70-60-18-2-6-22-64(60)72(65-23-7-3-19-61(65)70)57-36-53(49-14-10-30-74-42-49)34-54(37-57)50-15-11-31-75-43-50)40-68(46)59-29-28-48(41-69(59)78)71-62-20-4-8-24-66(62)73(67-25-9-5-21-63(67)71)58-38-55(51-16-12-32-76-44-51)35-56(39-58)52-17-13-33-77-45-52/h2-11,14-16,18-31,33,35-45,53,78H,12-13,17,32,34H2,1H3. The van der Waals surface area contributed by atoms with Crippen molar-refractivity contribution >= 4 is 90.4 Å². The average Bonchev–Trinajstić information content (AvgIpc) is 3.64. The van der Waals surface area contributed by atoms with Gasteiger partial charge >= 0.3 is 0 Å². The molecule has 78 heavy (non-hydrogen) atoms. The highest BCUT2D eigenvalue weighted by atomic mass is 32.1. The van der Waals surface area contributed by atoms with Crippen LogP contribution in [0.5, 0.6) is 0 Å². The lowest BCUT2D eigenvalue weighted by Crippen LogP contribution is -2.05. The van der Waals surface area contributed by atoms with Crippen molar-refractivity contribution in [2.45, 2.75) is 43.4 Å². The van der Waals surface area contributed by atoms with Crippen molar-refractivity contribution in [3.05, 3.63) is 259 Å². The molecule has 0 saturated carbocycles. The van der Waals surface area contributed by atoms with Gasteiger partial charge in [-0.15, -0.1) is 12.6 Å². The minimum atomic E-state index is 0.154. The predicted molar refractivity (Wildman–Crippen MR) is 334 cm³/mol. The summed E-state index contributed by atoms with van der Waals surface area (Å²) in [6, 6.07) is 65.2. The summed E-state index contributed by atoms with van der Waals surface area (Å²) in [4.78, 5) is 19.3. The fourth-order valence-electron chi connectivity index (χ4n) is 12.6. The van der Waals surface area contributed by atoms with E-state index < -0.39 is 0 Å². The number of aliphatic imine (C=N–C) groups is 2. The molecular weight excluding hydrogens is 965 g/mol. The topological polar surface area (TPSA) is 50.5 Å². The highest BCUT2D eigenvalue weighted by molar-refractivity contribution is 7.80. The summed E-state index contributed by atoms with van der Waals surface area (Å²) in [6.07, 6.45) is 24.7. The molecule has 2 aliphatic heterocycles. The molecule has 0 radical (unpaired) electrons. The van der Waals surface area contributed by atoms with Gasteiger partial charge in [-0.25, -0.2) is 0 Å². The molecule has 4 heterocycles. The SMILES string of the molecule is Cc1ccc(-c2c3ccccc3c(C3=CC(c4cccnc4)CC(c4cccnc4)=C3)c3ccccc23)cc1-c1ccc(-c2c3ccccc3c(-c3cc(C4=CCCN=C4)cc(C4=CN=CCC4)c3)c3ccccc23)cc1S. The fourth-order valence-corrected chi connectivity index (χ4v) is 12.9. The normalized spacial score (nSPS) is 15.4. The van der Waals surface area contributed by atoms with E-state index in [1.807, 2.05) is 55.5 Å². The number of aromatic nitrogens is 2. The van der Waals surface area contributed by atoms with Crippen molar-refractivity contribution in [1.29, 1.82) is 0 Å². The third kappa shape index (κ3) is 8.52. The highest BCUT2D eigenvalue weighted by Gasteiger charge is 2.25. The van der Waals surface area contributed by atoms with Gasteiger partial charge in [-0.2, -0.15) is 0 Å². The summed E-state index contributed by atoms with van der Waals surface area (Å²) in [5.41, 5.74) is 21.5. The van der Waals surface area contributed by atoms with Crippen LogP contribution in [0.1, 0.15) is 65.0 Å². The zero-order valence-corrected chi connectivity index (χ0v) is 44.3. The van der Waals surface area contributed by atoms with Gasteiger partial charge in [-0.3, -0.25) is 20.0 Å². The number of benzene rings is 9. The summed E-state index contributed by atoms with van der Waals surface area (Å²) in [6.45, 7) is 3.05. The summed E-state index contributed by atoms with van der Waals surface area (Å²) in [5, 5.41) is 9.72. The van der Waals surface area contributed by atoms with Crippen LogP contribution in [-0.2, 0) is 0 Å². The first-order chi connectivity index (χ1) is 38.5.